The number of carbonyl (C=O) groups is 2. The molecule has 190 valence electrons. The first kappa shape index (κ1) is 28.3. The zero-order valence-electron chi connectivity index (χ0n) is 20.8. The Bertz CT molecular complexity index is 1150. The minimum Gasteiger partial charge on any atom is -0.350 e. The molecule has 3 aromatic carbocycles. The van der Waals surface area contributed by atoms with Gasteiger partial charge in [0.15, 0.2) is 0 Å². The van der Waals surface area contributed by atoms with Crippen LogP contribution in [0.3, 0.4) is 0 Å². The van der Waals surface area contributed by atoms with Gasteiger partial charge < -0.3 is 10.2 Å². The molecule has 0 fully saturated rings. The summed E-state index contributed by atoms with van der Waals surface area (Å²) in [5.41, 5.74) is 2.54. The molecule has 1 atom stereocenters. The third-order valence-corrected chi connectivity index (χ3v) is 7.34. The van der Waals surface area contributed by atoms with Crippen LogP contribution < -0.4 is 5.32 Å². The van der Waals surface area contributed by atoms with Crippen molar-refractivity contribution >= 4 is 51.1 Å². The highest BCUT2D eigenvalue weighted by atomic mass is 79.9. The molecule has 1 unspecified atom stereocenters. The van der Waals surface area contributed by atoms with Crippen LogP contribution in [-0.4, -0.2) is 34.0 Å². The monoisotopic (exact) mass is 586 g/mol. The van der Waals surface area contributed by atoms with Gasteiger partial charge in [-0.1, -0.05) is 88.2 Å². The highest BCUT2D eigenvalue weighted by Gasteiger charge is 2.32. The summed E-state index contributed by atoms with van der Waals surface area (Å²) in [6.07, 6.45) is 0.431. The third-order valence-electron chi connectivity index (χ3n) is 5.48. The highest BCUT2D eigenvalue weighted by Crippen LogP contribution is 2.23. The Morgan fingerprint density at radius 1 is 0.944 bits per heavy atom. The number of hydrogen-bond acceptors (Lipinski definition) is 3. The lowest BCUT2D eigenvalue weighted by atomic mass is 10.0. The molecule has 0 aromatic heterocycles. The van der Waals surface area contributed by atoms with Crippen molar-refractivity contribution in [2.24, 2.45) is 0 Å². The highest BCUT2D eigenvalue weighted by molar-refractivity contribution is 9.10. The Morgan fingerprint density at radius 2 is 1.58 bits per heavy atom. The zero-order valence-corrected chi connectivity index (χ0v) is 24.0. The fraction of sp³-hybridized carbons (Fsp3) is 0.310. The minimum atomic E-state index is -0.649. The van der Waals surface area contributed by atoms with E-state index in [1.165, 1.54) is 11.8 Å². The van der Waals surface area contributed by atoms with Gasteiger partial charge in [-0.25, -0.2) is 0 Å². The average molecular weight is 588 g/mol. The second-order valence-electron chi connectivity index (χ2n) is 9.68. The molecular weight excluding hydrogens is 556 g/mol. The molecule has 36 heavy (non-hydrogen) atoms. The number of carbonyl (C=O) groups excluding carboxylic acids is 2. The molecule has 0 saturated carbocycles. The molecule has 0 radical (unpaired) electrons. The first-order chi connectivity index (χ1) is 17.1. The lowest BCUT2D eigenvalue weighted by molar-refractivity contribution is -0.140. The molecule has 0 bridgehead atoms. The van der Waals surface area contributed by atoms with Gasteiger partial charge in [-0.3, -0.25) is 9.59 Å². The SMILES string of the molecule is CC(C)(C)NC(=O)C(Cc1ccccc1)N(Cc1ccc(Br)cc1)C(=O)CSCc1ccccc1Cl. The van der Waals surface area contributed by atoms with Gasteiger partial charge in [0, 0.05) is 33.8 Å². The molecule has 3 aromatic rings. The van der Waals surface area contributed by atoms with Gasteiger partial charge in [0.05, 0.1) is 5.75 Å². The second-order valence-corrected chi connectivity index (χ2v) is 12.0. The van der Waals surface area contributed by atoms with Crippen molar-refractivity contribution in [2.75, 3.05) is 5.75 Å². The van der Waals surface area contributed by atoms with E-state index in [1.807, 2.05) is 99.6 Å². The number of halogens is 2. The van der Waals surface area contributed by atoms with Crippen molar-refractivity contribution in [3.05, 3.63) is 105 Å². The van der Waals surface area contributed by atoms with E-state index in [-0.39, 0.29) is 17.6 Å². The maximum Gasteiger partial charge on any atom is 0.243 e. The maximum atomic E-state index is 13.7. The Kier molecular flexibility index (Phi) is 10.5. The summed E-state index contributed by atoms with van der Waals surface area (Å²) in [5, 5.41) is 3.79. The Hall–Kier alpha value is -2.28. The summed E-state index contributed by atoms with van der Waals surface area (Å²) in [6.45, 7) is 6.19. The molecule has 0 saturated heterocycles. The molecule has 3 rings (SSSR count). The summed E-state index contributed by atoms with van der Waals surface area (Å²) in [7, 11) is 0. The minimum absolute atomic E-state index is 0.0834. The molecule has 0 aliphatic carbocycles. The van der Waals surface area contributed by atoms with Crippen LogP contribution in [0.5, 0.6) is 0 Å². The van der Waals surface area contributed by atoms with E-state index in [9.17, 15) is 9.59 Å². The summed E-state index contributed by atoms with van der Waals surface area (Å²) < 4.78 is 0.964. The van der Waals surface area contributed by atoms with Crippen LogP contribution in [0.25, 0.3) is 0 Å². The van der Waals surface area contributed by atoms with Crippen LogP contribution in [-0.2, 0) is 28.3 Å². The maximum absolute atomic E-state index is 13.7. The van der Waals surface area contributed by atoms with E-state index in [4.69, 9.17) is 11.6 Å². The summed E-state index contributed by atoms with van der Waals surface area (Å²) >= 11 is 11.3. The fourth-order valence-electron chi connectivity index (χ4n) is 3.74. The largest absolute Gasteiger partial charge is 0.350 e. The molecule has 4 nitrogen and oxygen atoms in total. The van der Waals surface area contributed by atoms with Crippen LogP contribution >= 0.6 is 39.3 Å². The van der Waals surface area contributed by atoms with E-state index in [1.54, 1.807) is 4.90 Å². The normalized spacial score (nSPS) is 12.1. The van der Waals surface area contributed by atoms with Crippen LogP contribution in [0.15, 0.2) is 83.3 Å². The number of hydrogen-bond donors (Lipinski definition) is 1. The van der Waals surface area contributed by atoms with Crippen molar-refractivity contribution in [2.45, 2.75) is 51.1 Å². The molecule has 2 amide bonds. The van der Waals surface area contributed by atoms with E-state index in [2.05, 4.69) is 21.2 Å². The number of amides is 2. The molecule has 0 heterocycles. The van der Waals surface area contributed by atoms with Gasteiger partial charge >= 0.3 is 0 Å². The molecule has 0 aliphatic rings. The van der Waals surface area contributed by atoms with Crippen molar-refractivity contribution in [1.29, 1.82) is 0 Å². The Labute approximate surface area is 231 Å². The van der Waals surface area contributed by atoms with Gasteiger partial charge in [0.1, 0.15) is 6.04 Å². The van der Waals surface area contributed by atoms with E-state index in [0.717, 1.165) is 21.2 Å². The second kappa shape index (κ2) is 13.3. The quantitative estimate of drug-likeness (QED) is 0.281. The first-order valence-corrected chi connectivity index (χ1v) is 14.2. The van der Waals surface area contributed by atoms with Crippen LogP contribution in [0.1, 0.15) is 37.5 Å². The van der Waals surface area contributed by atoms with Crippen molar-refractivity contribution < 1.29 is 9.59 Å². The van der Waals surface area contributed by atoms with Gasteiger partial charge in [-0.2, -0.15) is 0 Å². The standard InChI is InChI=1S/C29H32BrClN2O2S/c1-29(2,3)32-28(35)26(17-21-9-5-4-6-10-21)33(18-22-13-15-24(30)16-14-22)27(34)20-36-19-23-11-7-8-12-25(23)31/h4-16,26H,17-20H2,1-3H3,(H,32,35). The number of benzene rings is 3. The number of nitrogens with one attached hydrogen (secondary N) is 1. The third kappa shape index (κ3) is 8.99. The van der Waals surface area contributed by atoms with Crippen molar-refractivity contribution in [1.82, 2.24) is 10.2 Å². The van der Waals surface area contributed by atoms with Gasteiger partial charge in [-0.15, -0.1) is 11.8 Å². The predicted molar refractivity (Wildman–Crippen MR) is 154 cm³/mol. The lowest BCUT2D eigenvalue weighted by Gasteiger charge is -2.34. The molecule has 1 N–H and O–H groups in total. The summed E-state index contributed by atoms with van der Waals surface area (Å²) in [4.78, 5) is 29.0. The van der Waals surface area contributed by atoms with E-state index < -0.39 is 11.6 Å². The predicted octanol–water partition coefficient (Wildman–Crippen LogP) is 6.89. The fourth-order valence-corrected chi connectivity index (χ4v) is 5.20. The van der Waals surface area contributed by atoms with Crippen LogP contribution in [0.2, 0.25) is 5.02 Å². The van der Waals surface area contributed by atoms with Gasteiger partial charge in [-0.05, 0) is 55.7 Å². The molecule has 0 spiro atoms. The molecule has 7 heteroatoms. The lowest BCUT2D eigenvalue weighted by Crippen LogP contribution is -2.54. The number of nitrogens with zero attached hydrogens (tertiary/aromatic N) is 1. The van der Waals surface area contributed by atoms with Crippen LogP contribution in [0, 0.1) is 0 Å². The molecule has 0 aliphatic heterocycles. The number of rotatable bonds is 10. The van der Waals surface area contributed by atoms with Crippen molar-refractivity contribution in [3.63, 3.8) is 0 Å². The van der Waals surface area contributed by atoms with Gasteiger partial charge in [0.2, 0.25) is 11.8 Å². The van der Waals surface area contributed by atoms with E-state index in [0.29, 0.717) is 23.7 Å². The smallest absolute Gasteiger partial charge is 0.243 e. The Balaban J connectivity index is 1.87. The zero-order chi connectivity index (χ0) is 26.1. The van der Waals surface area contributed by atoms with E-state index >= 15 is 0 Å². The topological polar surface area (TPSA) is 49.4 Å². The Morgan fingerprint density at radius 3 is 2.22 bits per heavy atom. The molecular formula is C29H32BrClN2O2S. The number of thioether (sulfide) groups is 1. The van der Waals surface area contributed by atoms with Gasteiger partial charge in [0.25, 0.3) is 0 Å². The summed E-state index contributed by atoms with van der Waals surface area (Å²) in [5.74, 6) is 0.623. The summed E-state index contributed by atoms with van der Waals surface area (Å²) in [6, 6.07) is 24.7. The average Bonchev–Trinajstić information content (AvgIpc) is 2.83. The van der Waals surface area contributed by atoms with Crippen LogP contribution in [0.4, 0.5) is 0 Å². The first-order valence-electron chi connectivity index (χ1n) is 11.8. The van der Waals surface area contributed by atoms with Crippen molar-refractivity contribution in [3.8, 4) is 0 Å².